The van der Waals surface area contributed by atoms with E-state index in [2.05, 4.69) is 41.5 Å². The van der Waals surface area contributed by atoms with E-state index in [1.54, 1.807) is 11.1 Å². The van der Waals surface area contributed by atoms with Crippen LogP contribution in [0.2, 0.25) is 0 Å². The second kappa shape index (κ2) is 8.83. The number of hydrogen-bond donors (Lipinski definition) is 0. The van der Waals surface area contributed by atoms with E-state index in [-0.39, 0.29) is 28.8 Å². The fourth-order valence-electron chi connectivity index (χ4n) is 8.98. The average Bonchev–Trinajstić information content (AvgIpc) is 3.00. The number of carbonyl (C=O) groups is 2. The zero-order chi connectivity index (χ0) is 24.2. The molecule has 2 saturated carbocycles. The number of rotatable bonds is 6. The van der Waals surface area contributed by atoms with Crippen molar-refractivity contribution in [1.29, 1.82) is 0 Å². The van der Waals surface area contributed by atoms with Crippen molar-refractivity contribution in [3.63, 3.8) is 0 Å². The molecule has 0 bridgehead atoms. The molecule has 3 heteroatoms. The highest BCUT2D eigenvalue weighted by Crippen LogP contribution is 2.71. The molecule has 4 aliphatic rings. The maximum absolute atomic E-state index is 12.4. The van der Waals surface area contributed by atoms with Crippen LogP contribution in [0.4, 0.5) is 0 Å². The summed E-state index contributed by atoms with van der Waals surface area (Å²) in [7, 11) is 0. The number of esters is 1. The largest absolute Gasteiger partial charge is 0.462 e. The monoisotopic (exact) mass is 456 g/mol. The van der Waals surface area contributed by atoms with Gasteiger partial charge in [0, 0.05) is 32.1 Å². The van der Waals surface area contributed by atoms with Gasteiger partial charge in [-0.2, -0.15) is 0 Å². The molecule has 33 heavy (non-hydrogen) atoms. The summed E-state index contributed by atoms with van der Waals surface area (Å²) in [6.07, 6.45) is 11.9. The first kappa shape index (κ1) is 25.0. The van der Waals surface area contributed by atoms with Crippen LogP contribution in [0.15, 0.2) is 11.1 Å². The molecule has 0 aliphatic heterocycles. The number of ketones is 1. The normalized spacial score (nSPS) is 41.5. The molecule has 0 N–H and O–H groups in total. The van der Waals surface area contributed by atoms with Gasteiger partial charge >= 0.3 is 5.97 Å². The molecule has 0 amide bonds. The van der Waals surface area contributed by atoms with Crippen molar-refractivity contribution in [1.82, 2.24) is 0 Å². The van der Waals surface area contributed by atoms with Gasteiger partial charge in [-0.25, -0.2) is 0 Å². The highest BCUT2D eigenvalue weighted by Gasteiger charge is 2.63. The summed E-state index contributed by atoms with van der Waals surface area (Å²) < 4.78 is 5.97. The summed E-state index contributed by atoms with van der Waals surface area (Å²) in [5.41, 5.74) is 3.78. The van der Waals surface area contributed by atoms with Crippen LogP contribution in [0.5, 0.6) is 0 Å². The lowest BCUT2D eigenvalue weighted by molar-refractivity contribution is -0.156. The molecule has 3 nitrogen and oxygen atoms in total. The molecule has 0 radical (unpaired) electrons. The van der Waals surface area contributed by atoms with Gasteiger partial charge in [-0.1, -0.05) is 72.0 Å². The van der Waals surface area contributed by atoms with Gasteiger partial charge in [0.05, 0.1) is 0 Å². The predicted octanol–water partition coefficient (Wildman–Crippen LogP) is 7.67. The zero-order valence-corrected chi connectivity index (χ0v) is 22.4. The van der Waals surface area contributed by atoms with E-state index in [4.69, 9.17) is 4.74 Å². The summed E-state index contributed by atoms with van der Waals surface area (Å²) in [6.45, 7) is 16.2. The molecule has 0 saturated heterocycles. The Balaban J connectivity index is 1.67. The minimum Gasteiger partial charge on any atom is -0.462 e. The van der Waals surface area contributed by atoms with Gasteiger partial charge in [-0.15, -0.1) is 0 Å². The summed E-state index contributed by atoms with van der Waals surface area (Å²) in [6, 6.07) is 0. The second-order valence-corrected chi connectivity index (χ2v) is 13.3. The molecule has 0 aromatic heterocycles. The van der Waals surface area contributed by atoms with E-state index in [0.717, 1.165) is 30.6 Å². The maximum atomic E-state index is 12.4. The highest BCUT2D eigenvalue weighted by atomic mass is 16.5. The highest BCUT2D eigenvalue weighted by molar-refractivity contribution is 5.80. The Labute approximate surface area is 202 Å². The van der Waals surface area contributed by atoms with Crippen molar-refractivity contribution in [3.8, 4) is 0 Å². The lowest BCUT2D eigenvalue weighted by atomic mass is 9.46. The van der Waals surface area contributed by atoms with Crippen molar-refractivity contribution in [2.45, 2.75) is 125 Å². The van der Waals surface area contributed by atoms with Gasteiger partial charge in [0.15, 0.2) is 0 Å². The second-order valence-electron chi connectivity index (χ2n) is 13.3. The van der Waals surface area contributed by atoms with Gasteiger partial charge in [-0.3, -0.25) is 9.59 Å². The van der Waals surface area contributed by atoms with Gasteiger partial charge < -0.3 is 4.74 Å². The van der Waals surface area contributed by atoms with E-state index in [1.165, 1.54) is 51.9 Å². The molecule has 186 valence electrons. The fourth-order valence-corrected chi connectivity index (χ4v) is 8.98. The number of fused-ring (bicyclic) bond motifs is 4. The summed E-state index contributed by atoms with van der Waals surface area (Å²) in [5.74, 6) is 2.63. The molecule has 0 aromatic carbocycles. The quantitative estimate of drug-likeness (QED) is 0.304. The SMILES string of the molecule is CC(=O)OC1CC2=C(CCC3(C)C(C(C)CCCC(C)C)CCC23C)C2(C)CCC(=O)CC12. The number of ether oxygens (including phenoxy) is 1. The Kier molecular flexibility index (Phi) is 6.69. The van der Waals surface area contributed by atoms with Crippen LogP contribution in [0.3, 0.4) is 0 Å². The number of allylic oxidation sites excluding steroid dienone is 1. The fraction of sp³-hybridized carbons (Fsp3) is 0.867. The first-order valence-electron chi connectivity index (χ1n) is 13.8. The van der Waals surface area contributed by atoms with Gasteiger partial charge in [-0.05, 0) is 66.1 Å². The van der Waals surface area contributed by atoms with Crippen molar-refractivity contribution >= 4 is 11.8 Å². The topological polar surface area (TPSA) is 43.4 Å². The molecule has 7 atom stereocenters. The average molecular weight is 457 g/mol. The predicted molar refractivity (Wildman–Crippen MR) is 134 cm³/mol. The van der Waals surface area contributed by atoms with E-state index in [9.17, 15) is 9.59 Å². The standard InChI is InChI=1S/C30H48O3/c1-19(2)9-8-10-20(3)23-12-15-30(7)25-18-27(33-21(4)31)26-17-22(32)11-14-28(26,5)24(25)13-16-29(23,30)6/h19-20,23,26-27H,8-18H2,1-7H3. The van der Waals surface area contributed by atoms with E-state index < -0.39 is 0 Å². The molecule has 0 heterocycles. The van der Waals surface area contributed by atoms with E-state index in [1.807, 2.05) is 0 Å². The zero-order valence-electron chi connectivity index (χ0n) is 22.4. The van der Waals surface area contributed by atoms with Crippen LogP contribution in [0.1, 0.15) is 119 Å². The summed E-state index contributed by atoms with van der Waals surface area (Å²) >= 11 is 0. The van der Waals surface area contributed by atoms with Crippen LogP contribution in [0.25, 0.3) is 0 Å². The molecule has 7 unspecified atom stereocenters. The third-order valence-electron chi connectivity index (χ3n) is 11.1. The van der Waals surface area contributed by atoms with Crippen LogP contribution < -0.4 is 0 Å². The van der Waals surface area contributed by atoms with Crippen molar-refractivity contribution in [2.75, 3.05) is 0 Å². The Morgan fingerprint density at radius 1 is 1.00 bits per heavy atom. The third kappa shape index (κ3) is 4.04. The minimum atomic E-state index is -0.198. The lowest BCUT2D eigenvalue weighted by Gasteiger charge is -2.59. The van der Waals surface area contributed by atoms with Crippen LogP contribution in [0, 0.1) is 39.9 Å². The molecule has 0 aromatic rings. The Morgan fingerprint density at radius 2 is 1.73 bits per heavy atom. The molecule has 4 aliphatic carbocycles. The Hall–Kier alpha value is -1.12. The smallest absolute Gasteiger partial charge is 0.302 e. The van der Waals surface area contributed by atoms with Gasteiger partial charge in [0.1, 0.15) is 11.9 Å². The summed E-state index contributed by atoms with van der Waals surface area (Å²) in [5, 5.41) is 0. The maximum Gasteiger partial charge on any atom is 0.302 e. The molecule has 2 fully saturated rings. The first-order valence-corrected chi connectivity index (χ1v) is 13.8. The third-order valence-corrected chi connectivity index (χ3v) is 11.1. The van der Waals surface area contributed by atoms with Crippen LogP contribution in [-0.4, -0.2) is 17.9 Å². The molecule has 0 spiro atoms. The number of Topliss-reactive ketones (excluding diaryl/α,β-unsaturated/α-hetero) is 1. The van der Waals surface area contributed by atoms with E-state index in [0.29, 0.717) is 24.0 Å². The Bertz CT molecular complexity index is 824. The molecule has 4 rings (SSSR count). The van der Waals surface area contributed by atoms with Crippen molar-refractivity contribution in [2.24, 2.45) is 39.9 Å². The number of hydrogen-bond acceptors (Lipinski definition) is 3. The van der Waals surface area contributed by atoms with Crippen molar-refractivity contribution in [3.05, 3.63) is 11.1 Å². The van der Waals surface area contributed by atoms with Gasteiger partial charge in [0.25, 0.3) is 0 Å². The van der Waals surface area contributed by atoms with E-state index >= 15 is 0 Å². The Morgan fingerprint density at radius 3 is 2.39 bits per heavy atom. The summed E-state index contributed by atoms with van der Waals surface area (Å²) in [4.78, 5) is 24.5. The minimum absolute atomic E-state index is 0.00686. The molecular formula is C30H48O3. The van der Waals surface area contributed by atoms with Crippen LogP contribution >= 0.6 is 0 Å². The number of carbonyl (C=O) groups excluding carboxylic acids is 2. The van der Waals surface area contributed by atoms with Crippen LogP contribution in [-0.2, 0) is 14.3 Å². The van der Waals surface area contributed by atoms with Gasteiger partial charge in [0.2, 0.25) is 0 Å². The molecular weight excluding hydrogens is 408 g/mol. The van der Waals surface area contributed by atoms with Crippen molar-refractivity contribution < 1.29 is 14.3 Å². The first-order chi connectivity index (χ1) is 15.4. The lowest BCUT2D eigenvalue weighted by Crippen LogP contribution is -2.53.